The average Bonchev–Trinajstić information content (AvgIpc) is 3.28. The Balaban J connectivity index is 1.67. The van der Waals surface area contributed by atoms with Crippen LogP contribution in [0, 0.1) is 18.2 Å². The summed E-state index contributed by atoms with van der Waals surface area (Å²) < 4.78 is 24.3. The van der Waals surface area contributed by atoms with E-state index in [1.165, 1.54) is 17.0 Å². The minimum Gasteiger partial charge on any atom is -0.491 e. The maximum absolute atomic E-state index is 13.3. The Morgan fingerprint density at radius 3 is 2.94 bits per heavy atom. The molecule has 0 aliphatic carbocycles. The Labute approximate surface area is 198 Å². The number of carbonyl (C=O) groups is 1. The molecule has 1 aliphatic rings. The van der Waals surface area contributed by atoms with Crippen LogP contribution in [0.2, 0.25) is 0 Å². The topological polar surface area (TPSA) is 62.2 Å². The van der Waals surface area contributed by atoms with Gasteiger partial charge in [0, 0.05) is 24.5 Å². The Bertz CT molecular complexity index is 956. The third kappa shape index (κ3) is 7.14. The number of benzene rings is 1. The maximum Gasteiger partial charge on any atom is 0.237 e. The molecule has 1 N–H and O–H groups in total. The number of aliphatic hydroxyl groups is 1. The van der Waals surface area contributed by atoms with E-state index >= 15 is 0 Å². The van der Waals surface area contributed by atoms with Crippen molar-refractivity contribution >= 4 is 17.2 Å². The first-order valence-corrected chi connectivity index (χ1v) is 11.7. The smallest absolute Gasteiger partial charge is 0.237 e. The van der Waals surface area contributed by atoms with Gasteiger partial charge in [0.05, 0.1) is 25.3 Å². The molecule has 0 saturated carbocycles. The number of carbonyl (C=O) groups excluding carboxylic acids is 1. The summed E-state index contributed by atoms with van der Waals surface area (Å²) in [6.07, 6.45) is 6.88. The van der Waals surface area contributed by atoms with Crippen LogP contribution in [0.15, 0.2) is 48.4 Å². The van der Waals surface area contributed by atoms with Gasteiger partial charge in [0.25, 0.3) is 0 Å². The van der Waals surface area contributed by atoms with Gasteiger partial charge in [-0.15, -0.1) is 24.3 Å². The van der Waals surface area contributed by atoms with Crippen molar-refractivity contribution in [3.05, 3.63) is 64.6 Å². The van der Waals surface area contributed by atoms with E-state index in [1.54, 1.807) is 29.5 Å². The SMILES string of the molecule is C#CCOC[C@@H](O)CN(CC=C)CC(=O)N1CCc2sccc2[C@H]1COc1ccc(F)cc1. The summed E-state index contributed by atoms with van der Waals surface area (Å²) in [4.78, 5) is 18.2. The molecule has 2 heterocycles. The Hall–Kier alpha value is -2.70. The van der Waals surface area contributed by atoms with Gasteiger partial charge in [0.2, 0.25) is 5.91 Å². The van der Waals surface area contributed by atoms with Gasteiger partial charge in [-0.25, -0.2) is 4.39 Å². The highest BCUT2D eigenvalue weighted by Gasteiger charge is 2.33. The molecule has 2 aromatic rings. The second kappa shape index (κ2) is 12.5. The molecule has 1 aromatic carbocycles. The van der Waals surface area contributed by atoms with Crippen LogP contribution < -0.4 is 4.74 Å². The Morgan fingerprint density at radius 1 is 1.42 bits per heavy atom. The van der Waals surface area contributed by atoms with Crippen molar-refractivity contribution in [2.75, 3.05) is 46.0 Å². The summed E-state index contributed by atoms with van der Waals surface area (Å²) in [5, 5.41) is 12.3. The van der Waals surface area contributed by atoms with E-state index in [-0.39, 0.29) is 50.7 Å². The highest BCUT2D eigenvalue weighted by Crippen LogP contribution is 2.34. The standard InChI is InChI=1S/C25H29FN2O4S/c1-3-11-27(15-20(29)17-31-13-4-2)16-25(30)28-12-9-24-22(10-14-33-24)23(28)18-32-21-7-5-19(26)6-8-21/h2-3,5-8,10,14,20,23,29H,1,9,11-13,15-18H2/t20-,23+/m0/s1. The number of halogens is 1. The number of fused-ring (bicyclic) bond motifs is 1. The van der Waals surface area contributed by atoms with Crippen LogP contribution in [-0.2, 0) is 16.0 Å². The Kier molecular flexibility index (Phi) is 9.46. The van der Waals surface area contributed by atoms with E-state index in [0.717, 1.165) is 12.0 Å². The molecule has 0 unspecified atom stereocenters. The number of amides is 1. The third-order valence-corrected chi connectivity index (χ3v) is 6.34. The predicted octanol–water partition coefficient (Wildman–Crippen LogP) is 2.89. The fourth-order valence-electron chi connectivity index (χ4n) is 3.85. The van der Waals surface area contributed by atoms with Crippen molar-refractivity contribution in [2.45, 2.75) is 18.6 Å². The molecule has 0 radical (unpaired) electrons. The number of hydrogen-bond acceptors (Lipinski definition) is 6. The summed E-state index contributed by atoms with van der Waals surface area (Å²) in [6.45, 7) is 5.68. The largest absolute Gasteiger partial charge is 0.491 e. The van der Waals surface area contributed by atoms with Crippen molar-refractivity contribution < 1.29 is 23.8 Å². The summed E-state index contributed by atoms with van der Waals surface area (Å²) in [7, 11) is 0. The van der Waals surface area contributed by atoms with Crippen LogP contribution in [0.3, 0.4) is 0 Å². The Morgan fingerprint density at radius 2 is 2.21 bits per heavy atom. The first kappa shape index (κ1) is 24.9. The van der Waals surface area contributed by atoms with E-state index < -0.39 is 6.10 Å². The lowest BCUT2D eigenvalue weighted by atomic mass is 10.0. The van der Waals surface area contributed by atoms with Gasteiger partial charge in [-0.2, -0.15) is 0 Å². The molecular weight excluding hydrogens is 443 g/mol. The fourth-order valence-corrected chi connectivity index (χ4v) is 4.78. The summed E-state index contributed by atoms with van der Waals surface area (Å²) in [5.74, 6) is 2.53. The minimum absolute atomic E-state index is 0.0573. The number of rotatable bonds is 12. The molecule has 176 valence electrons. The van der Waals surface area contributed by atoms with Crippen molar-refractivity contribution in [3.8, 4) is 18.1 Å². The number of terminal acetylenes is 1. The zero-order chi connectivity index (χ0) is 23.6. The lowest BCUT2D eigenvalue weighted by molar-refractivity contribution is -0.136. The number of hydrogen-bond donors (Lipinski definition) is 1. The highest BCUT2D eigenvalue weighted by molar-refractivity contribution is 7.10. The van der Waals surface area contributed by atoms with Gasteiger partial charge in [0.1, 0.15) is 24.8 Å². The molecule has 1 amide bonds. The van der Waals surface area contributed by atoms with Crippen LogP contribution >= 0.6 is 11.3 Å². The zero-order valence-corrected chi connectivity index (χ0v) is 19.3. The van der Waals surface area contributed by atoms with E-state index in [9.17, 15) is 14.3 Å². The van der Waals surface area contributed by atoms with Gasteiger partial charge >= 0.3 is 0 Å². The molecule has 8 heteroatoms. The molecule has 0 spiro atoms. The van der Waals surface area contributed by atoms with Gasteiger partial charge in [0.15, 0.2) is 0 Å². The molecule has 1 aliphatic heterocycles. The molecule has 3 rings (SSSR count). The molecule has 0 fully saturated rings. The van der Waals surface area contributed by atoms with Crippen molar-refractivity contribution in [1.29, 1.82) is 0 Å². The number of ether oxygens (including phenoxy) is 2. The number of nitrogens with zero attached hydrogens (tertiary/aromatic N) is 2. The molecule has 1 aromatic heterocycles. The second-order valence-electron chi connectivity index (χ2n) is 7.77. The van der Waals surface area contributed by atoms with Crippen LogP contribution in [0.25, 0.3) is 0 Å². The zero-order valence-electron chi connectivity index (χ0n) is 18.5. The van der Waals surface area contributed by atoms with Crippen molar-refractivity contribution in [2.24, 2.45) is 0 Å². The molecule has 0 saturated heterocycles. The average molecular weight is 473 g/mol. The van der Waals surface area contributed by atoms with Gasteiger partial charge in [-0.05, 0) is 47.7 Å². The first-order chi connectivity index (χ1) is 16.0. The van der Waals surface area contributed by atoms with Crippen molar-refractivity contribution in [3.63, 3.8) is 0 Å². The number of aliphatic hydroxyl groups excluding tert-OH is 1. The highest BCUT2D eigenvalue weighted by atomic mass is 32.1. The van der Waals surface area contributed by atoms with Crippen LogP contribution in [-0.4, -0.2) is 72.9 Å². The molecular formula is C25H29FN2O4S. The van der Waals surface area contributed by atoms with Crippen molar-refractivity contribution in [1.82, 2.24) is 9.80 Å². The quantitative estimate of drug-likeness (QED) is 0.292. The normalized spacial score (nSPS) is 16.2. The lowest BCUT2D eigenvalue weighted by Crippen LogP contribution is -2.48. The maximum atomic E-state index is 13.3. The number of thiophene rings is 1. The third-order valence-electron chi connectivity index (χ3n) is 5.35. The van der Waals surface area contributed by atoms with Gasteiger partial charge in [-0.3, -0.25) is 9.69 Å². The summed E-state index contributed by atoms with van der Waals surface area (Å²) in [6, 6.07) is 7.64. The van der Waals surface area contributed by atoms with Crippen LogP contribution in [0.5, 0.6) is 5.75 Å². The first-order valence-electron chi connectivity index (χ1n) is 10.8. The van der Waals surface area contributed by atoms with Crippen LogP contribution in [0.4, 0.5) is 4.39 Å². The van der Waals surface area contributed by atoms with E-state index in [1.807, 2.05) is 21.2 Å². The summed E-state index contributed by atoms with van der Waals surface area (Å²) in [5.41, 5.74) is 1.08. The molecule has 33 heavy (non-hydrogen) atoms. The second-order valence-corrected chi connectivity index (χ2v) is 8.77. The fraction of sp³-hybridized carbons (Fsp3) is 0.400. The molecule has 6 nitrogen and oxygen atoms in total. The van der Waals surface area contributed by atoms with Gasteiger partial charge in [-0.1, -0.05) is 12.0 Å². The summed E-state index contributed by atoms with van der Waals surface area (Å²) >= 11 is 1.68. The van der Waals surface area contributed by atoms with E-state index in [4.69, 9.17) is 15.9 Å². The van der Waals surface area contributed by atoms with Gasteiger partial charge < -0.3 is 19.5 Å². The van der Waals surface area contributed by atoms with E-state index in [2.05, 4.69) is 12.5 Å². The lowest BCUT2D eigenvalue weighted by Gasteiger charge is -2.37. The predicted molar refractivity (Wildman–Crippen MR) is 127 cm³/mol. The van der Waals surface area contributed by atoms with Crippen LogP contribution in [0.1, 0.15) is 16.5 Å². The van der Waals surface area contributed by atoms with E-state index in [0.29, 0.717) is 18.8 Å². The molecule has 2 atom stereocenters. The monoisotopic (exact) mass is 472 g/mol. The minimum atomic E-state index is -0.770. The molecule has 0 bridgehead atoms.